The number of rotatable bonds is 3. The molecule has 1 amide bonds. The number of benzene rings is 1. The molecule has 3 N–H and O–H groups in total. The van der Waals surface area contributed by atoms with Crippen molar-refractivity contribution >= 4 is 28.9 Å². The summed E-state index contributed by atoms with van der Waals surface area (Å²) in [5.74, 6) is -0.794. The second-order valence-electron chi connectivity index (χ2n) is 5.45. The number of quaternary nitrogens is 1. The summed E-state index contributed by atoms with van der Waals surface area (Å²) >= 11 is 5.06. The number of aliphatic hydroxyl groups is 2. The molecule has 1 aromatic rings. The van der Waals surface area contributed by atoms with E-state index < -0.39 is 46.4 Å². The molecule has 1 unspecified atom stereocenters. The highest BCUT2D eigenvalue weighted by Crippen LogP contribution is 2.40. The first-order valence-corrected chi connectivity index (χ1v) is 7.05. The number of amides is 1. The van der Waals surface area contributed by atoms with E-state index in [1.54, 1.807) is 0 Å². The van der Waals surface area contributed by atoms with Crippen molar-refractivity contribution in [3.63, 3.8) is 0 Å². The van der Waals surface area contributed by atoms with Crippen molar-refractivity contribution in [3.8, 4) is 6.07 Å². The Balaban J connectivity index is 2.76. The number of alkyl halides is 3. The van der Waals surface area contributed by atoms with Crippen LogP contribution in [0.4, 0.5) is 18.9 Å². The van der Waals surface area contributed by atoms with Gasteiger partial charge in [-0.05, 0) is 6.07 Å². The summed E-state index contributed by atoms with van der Waals surface area (Å²) in [5, 5.41) is 30.3. The number of halogens is 3. The van der Waals surface area contributed by atoms with E-state index in [1.165, 1.54) is 19.2 Å². The Bertz CT molecular complexity index is 756. The summed E-state index contributed by atoms with van der Waals surface area (Å²) in [6.45, 7) is -1.68. The molecule has 10 heteroatoms. The van der Waals surface area contributed by atoms with Crippen molar-refractivity contribution in [3.05, 3.63) is 29.3 Å². The second kappa shape index (κ2) is 5.78. The summed E-state index contributed by atoms with van der Waals surface area (Å²) < 4.78 is 38.8. The molecule has 0 bridgehead atoms. The summed E-state index contributed by atoms with van der Waals surface area (Å²) in [6.07, 6.45) is -4.79. The molecular weight excluding hydrogens is 347 g/mol. The molecule has 0 spiro atoms. The van der Waals surface area contributed by atoms with Gasteiger partial charge < -0.3 is 10.2 Å². The molecule has 2 rings (SSSR count). The number of hydrogen-bond donors (Lipinski definition) is 3. The average molecular weight is 360 g/mol. The van der Waals surface area contributed by atoms with Gasteiger partial charge in [-0.1, -0.05) is 0 Å². The van der Waals surface area contributed by atoms with Crippen LogP contribution in [0.15, 0.2) is 18.2 Å². The predicted molar refractivity (Wildman–Crippen MR) is 81.5 cm³/mol. The Labute approximate surface area is 140 Å². The number of likely N-dealkylation sites (N-methyl/N-ethyl adjacent to an activating group) is 1. The first kappa shape index (κ1) is 18.3. The summed E-state index contributed by atoms with van der Waals surface area (Å²) in [6, 6.07) is 4.33. The molecule has 0 radical (unpaired) electrons. The van der Waals surface area contributed by atoms with Crippen LogP contribution in [-0.4, -0.2) is 47.0 Å². The first-order chi connectivity index (χ1) is 11.1. The van der Waals surface area contributed by atoms with Gasteiger partial charge in [-0.2, -0.15) is 18.4 Å². The van der Waals surface area contributed by atoms with E-state index in [2.05, 4.69) is 5.32 Å². The lowest BCUT2D eigenvalue weighted by Gasteiger charge is -2.39. The Morgan fingerprint density at radius 1 is 1.38 bits per heavy atom. The number of hydrogen-bond acceptors (Lipinski definition) is 5. The van der Waals surface area contributed by atoms with Gasteiger partial charge in [0, 0.05) is 24.4 Å². The number of thiocarbonyl (C=S) groups is 1. The zero-order valence-electron chi connectivity index (χ0n) is 12.4. The van der Waals surface area contributed by atoms with Crippen molar-refractivity contribution in [1.29, 1.82) is 5.26 Å². The van der Waals surface area contributed by atoms with E-state index in [1.807, 2.05) is 0 Å². The monoisotopic (exact) mass is 360 g/mol. The molecule has 1 fully saturated rings. The Morgan fingerprint density at radius 3 is 2.42 bits per heavy atom. The van der Waals surface area contributed by atoms with E-state index in [-0.39, 0.29) is 10.8 Å². The molecule has 0 aliphatic carbocycles. The van der Waals surface area contributed by atoms with E-state index >= 15 is 0 Å². The Morgan fingerprint density at radius 2 is 1.96 bits per heavy atom. The smallest absolute Gasteiger partial charge is 0.389 e. The normalized spacial score (nSPS) is 23.0. The lowest BCUT2D eigenvalue weighted by molar-refractivity contribution is -0.137. The fourth-order valence-electron chi connectivity index (χ4n) is 2.71. The van der Waals surface area contributed by atoms with Gasteiger partial charge >= 0.3 is 6.18 Å². The largest absolute Gasteiger partial charge is 0.417 e. The van der Waals surface area contributed by atoms with Crippen LogP contribution < -0.4 is 9.80 Å². The summed E-state index contributed by atoms with van der Waals surface area (Å²) in [5.41, 5.74) is -3.73. The molecule has 128 valence electrons. The topological polar surface area (TPSA) is 93.4 Å². The van der Waals surface area contributed by atoms with Crippen molar-refractivity contribution < 1.29 is 28.2 Å². The van der Waals surface area contributed by atoms with Crippen LogP contribution in [0.1, 0.15) is 11.1 Å². The third kappa shape index (κ3) is 2.29. The molecular formula is C14H13F3N3O3S+. The molecule has 6 nitrogen and oxygen atoms in total. The minimum atomic E-state index is -4.79. The van der Waals surface area contributed by atoms with Gasteiger partial charge in [0.25, 0.3) is 11.0 Å². The van der Waals surface area contributed by atoms with Gasteiger partial charge in [0.15, 0.2) is 0 Å². The van der Waals surface area contributed by atoms with Crippen LogP contribution in [0.5, 0.6) is 0 Å². The summed E-state index contributed by atoms with van der Waals surface area (Å²) in [4.78, 5) is 12.2. The maximum Gasteiger partial charge on any atom is 0.417 e. The van der Waals surface area contributed by atoms with Crippen LogP contribution >= 0.6 is 12.2 Å². The molecule has 1 heterocycles. The molecule has 1 atom stereocenters. The number of nitrogens with zero attached hydrogens (tertiary/aromatic N) is 2. The van der Waals surface area contributed by atoms with Gasteiger partial charge in [-0.25, -0.2) is 4.48 Å². The van der Waals surface area contributed by atoms with Gasteiger partial charge in [0.2, 0.25) is 5.54 Å². The van der Waals surface area contributed by atoms with Crippen molar-refractivity contribution in [2.24, 2.45) is 0 Å². The number of carbonyl (C=O) groups is 1. The minimum Gasteiger partial charge on any atom is -0.389 e. The SMILES string of the molecule is C[N+]1(c2ccc(C#N)c(C(F)(F)F)c2)C(=S)NC(=O)C1(CO)CO. The molecule has 0 aromatic heterocycles. The number of nitrogens with one attached hydrogen (secondary N) is 1. The van der Waals surface area contributed by atoms with Crippen LogP contribution in [0.2, 0.25) is 0 Å². The molecule has 1 saturated heterocycles. The van der Waals surface area contributed by atoms with E-state index in [0.29, 0.717) is 6.07 Å². The highest BCUT2D eigenvalue weighted by molar-refractivity contribution is 7.80. The maximum absolute atomic E-state index is 13.2. The minimum absolute atomic E-state index is 0.0900. The van der Waals surface area contributed by atoms with E-state index in [9.17, 15) is 28.2 Å². The molecule has 24 heavy (non-hydrogen) atoms. The van der Waals surface area contributed by atoms with Crippen LogP contribution in [0.3, 0.4) is 0 Å². The number of nitriles is 1. The first-order valence-electron chi connectivity index (χ1n) is 6.64. The third-order valence-corrected chi connectivity index (χ3v) is 4.84. The maximum atomic E-state index is 13.2. The molecule has 1 aromatic carbocycles. The van der Waals surface area contributed by atoms with Gasteiger partial charge in [-0.3, -0.25) is 10.1 Å². The fraction of sp³-hybridized carbons (Fsp3) is 0.357. The second-order valence-corrected chi connectivity index (χ2v) is 5.84. The van der Waals surface area contributed by atoms with Gasteiger partial charge in [0.1, 0.15) is 18.9 Å². The summed E-state index contributed by atoms with van der Waals surface area (Å²) in [7, 11) is 1.31. The van der Waals surface area contributed by atoms with Crippen molar-refractivity contribution in [2.45, 2.75) is 11.7 Å². The number of aliphatic hydroxyl groups excluding tert-OH is 2. The number of carbonyl (C=O) groups excluding carboxylic acids is 1. The average Bonchev–Trinajstić information content (AvgIpc) is 2.73. The lowest BCUT2D eigenvalue weighted by atomic mass is 9.95. The van der Waals surface area contributed by atoms with Gasteiger partial charge in [0.05, 0.1) is 24.2 Å². The van der Waals surface area contributed by atoms with Crippen LogP contribution in [-0.2, 0) is 11.0 Å². The van der Waals surface area contributed by atoms with E-state index in [0.717, 1.165) is 6.07 Å². The zero-order valence-corrected chi connectivity index (χ0v) is 13.2. The highest BCUT2D eigenvalue weighted by Gasteiger charge is 2.64. The van der Waals surface area contributed by atoms with Crippen molar-refractivity contribution in [1.82, 2.24) is 9.80 Å². The van der Waals surface area contributed by atoms with Crippen LogP contribution in [0.25, 0.3) is 0 Å². The quantitative estimate of drug-likeness (QED) is 0.544. The Hall–Kier alpha value is -2.06. The fourth-order valence-corrected chi connectivity index (χ4v) is 3.08. The molecule has 0 saturated carbocycles. The predicted octanol–water partition coefficient (Wildman–Crippen LogP) is 0.652. The molecule has 1 aliphatic heterocycles. The Kier molecular flexibility index (Phi) is 4.41. The van der Waals surface area contributed by atoms with E-state index in [4.69, 9.17) is 17.5 Å². The van der Waals surface area contributed by atoms with Crippen molar-refractivity contribution in [2.75, 3.05) is 20.3 Å². The lowest BCUT2D eigenvalue weighted by Crippen LogP contribution is -2.67. The third-order valence-electron chi connectivity index (χ3n) is 4.37. The zero-order chi connectivity index (χ0) is 18.3. The highest BCUT2D eigenvalue weighted by atomic mass is 32.1. The van der Waals surface area contributed by atoms with Gasteiger partial charge in [-0.15, -0.1) is 0 Å². The molecule has 1 aliphatic rings. The van der Waals surface area contributed by atoms with Crippen LogP contribution in [0, 0.1) is 11.3 Å². The standard InChI is InChI=1S/C14H12F3N3O3S/c1-20(12(24)19-11(23)13(20,6-21)7-22)9-3-2-8(5-18)10(4-9)14(15,16)17/h2-4,21-22H,6-7H2,1H3/p+1.